The number of fused-ring (bicyclic) bond motifs is 1. The van der Waals surface area contributed by atoms with Crippen LogP contribution >= 0.6 is 11.8 Å². The van der Waals surface area contributed by atoms with E-state index < -0.39 is 0 Å². The summed E-state index contributed by atoms with van der Waals surface area (Å²) in [5.74, 6) is 1.83. The van der Waals surface area contributed by atoms with Gasteiger partial charge in [0.1, 0.15) is 5.82 Å². The number of nitrogens with one attached hydrogen (secondary N) is 1. The molecule has 19 heavy (non-hydrogen) atoms. The highest BCUT2D eigenvalue weighted by molar-refractivity contribution is 8.13. The molecule has 2 aliphatic rings. The SMILES string of the molecule is Fc1ccc(CN=C2NC3CCCCC3CS2)cc1. The first-order chi connectivity index (χ1) is 9.31. The average molecular weight is 278 g/mol. The molecular formula is C15H19FN2S. The molecule has 2 atom stereocenters. The van der Waals surface area contributed by atoms with Gasteiger partial charge in [0.05, 0.1) is 6.54 Å². The van der Waals surface area contributed by atoms with E-state index in [9.17, 15) is 4.39 Å². The van der Waals surface area contributed by atoms with Gasteiger partial charge in [-0.05, 0) is 36.5 Å². The zero-order valence-corrected chi connectivity index (χ0v) is 11.8. The molecule has 1 aromatic carbocycles. The van der Waals surface area contributed by atoms with Crippen molar-refractivity contribution in [1.29, 1.82) is 0 Å². The fourth-order valence-electron chi connectivity index (χ4n) is 2.83. The van der Waals surface area contributed by atoms with Crippen LogP contribution in [-0.2, 0) is 6.54 Å². The molecule has 2 fully saturated rings. The number of amidine groups is 1. The van der Waals surface area contributed by atoms with Gasteiger partial charge in [-0.1, -0.05) is 36.7 Å². The minimum absolute atomic E-state index is 0.188. The highest BCUT2D eigenvalue weighted by Crippen LogP contribution is 2.31. The Labute approximate surface area is 117 Å². The smallest absolute Gasteiger partial charge is 0.157 e. The Morgan fingerprint density at radius 3 is 2.84 bits per heavy atom. The quantitative estimate of drug-likeness (QED) is 0.894. The summed E-state index contributed by atoms with van der Waals surface area (Å²) >= 11 is 1.84. The lowest BCUT2D eigenvalue weighted by Crippen LogP contribution is -2.46. The zero-order valence-electron chi connectivity index (χ0n) is 10.9. The van der Waals surface area contributed by atoms with Crippen LogP contribution in [0.15, 0.2) is 29.3 Å². The van der Waals surface area contributed by atoms with E-state index in [-0.39, 0.29) is 5.82 Å². The molecule has 1 aliphatic heterocycles. The third-order valence-electron chi connectivity index (χ3n) is 3.97. The summed E-state index contributed by atoms with van der Waals surface area (Å²) in [6.07, 6.45) is 5.35. The molecule has 102 valence electrons. The number of thioether (sulfide) groups is 1. The Bertz CT molecular complexity index is 458. The van der Waals surface area contributed by atoms with Crippen LogP contribution in [0.3, 0.4) is 0 Å². The van der Waals surface area contributed by atoms with Crippen molar-refractivity contribution in [1.82, 2.24) is 5.32 Å². The predicted octanol–water partition coefficient (Wildman–Crippen LogP) is 3.58. The van der Waals surface area contributed by atoms with Gasteiger partial charge >= 0.3 is 0 Å². The van der Waals surface area contributed by atoms with Crippen LogP contribution < -0.4 is 5.32 Å². The molecule has 2 nitrogen and oxygen atoms in total. The van der Waals surface area contributed by atoms with E-state index in [1.807, 2.05) is 11.8 Å². The van der Waals surface area contributed by atoms with Crippen molar-refractivity contribution in [2.24, 2.45) is 10.9 Å². The molecule has 1 aromatic rings. The maximum Gasteiger partial charge on any atom is 0.157 e. The van der Waals surface area contributed by atoms with Crippen LogP contribution in [0.1, 0.15) is 31.2 Å². The summed E-state index contributed by atoms with van der Waals surface area (Å²) in [5, 5.41) is 4.64. The Hall–Kier alpha value is -1.03. The molecule has 0 spiro atoms. The van der Waals surface area contributed by atoms with Gasteiger partial charge in [-0.3, -0.25) is 4.99 Å². The van der Waals surface area contributed by atoms with Crippen molar-refractivity contribution < 1.29 is 4.39 Å². The molecule has 0 bridgehead atoms. The summed E-state index contributed by atoms with van der Waals surface area (Å²) in [6.45, 7) is 0.632. The van der Waals surface area contributed by atoms with Crippen LogP contribution in [0, 0.1) is 11.7 Å². The maximum atomic E-state index is 12.8. The number of aliphatic imine (C=N–C) groups is 1. The summed E-state index contributed by atoms with van der Waals surface area (Å²) in [5.41, 5.74) is 1.06. The number of rotatable bonds is 2. The van der Waals surface area contributed by atoms with Crippen LogP contribution in [0.2, 0.25) is 0 Å². The number of hydrogen-bond acceptors (Lipinski definition) is 2. The van der Waals surface area contributed by atoms with Crippen molar-refractivity contribution in [2.75, 3.05) is 5.75 Å². The molecule has 1 aliphatic carbocycles. The van der Waals surface area contributed by atoms with Gasteiger partial charge in [0.15, 0.2) is 5.17 Å². The third-order valence-corrected chi connectivity index (χ3v) is 5.09. The molecule has 1 saturated heterocycles. The van der Waals surface area contributed by atoms with Gasteiger partial charge in [0.25, 0.3) is 0 Å². The molecule has 2 unspecified atom stereocenters. The minimum Gasteiger partial charge on any atom is -0.362 e. The average Bonchev–Trinajstić information content (AvgIpc) is 2.46. The fourth-order valence-corrected chi connectivity index (χ4v) is 3.99. The van der Waals surface area contributed by atoms with Gasteiger partial charge in [-0.15, -0.1) is 0 Å². The topological polar surface area (TPSA) is 24.4 Å². The first-order valence-corrected chi connectivity index (χ1v) is 7.98. The summed E-state index contributed by atoms with van der Waals surface area (Å²) in [4.78, 5) is 4.62. The van der Waals surface area contributed by atoms with Crippen molar-refractivity contribution in [3.63, 3.8) is 0 Å². The molecular weight excluding hydrogens is 259 g/mol. The Balaban J connectivity index is 1.60. The molecule has 1 saturated carbocycles. The standard InChI is InChI=1S/C15H19FN2S/c16-13-7-5-11(6-8-13)9-17-15-18-14-4-2-1-3-12(14)10-19-15/h5-8,12,14H,1-4,9-10H2,(H,17,18). The van der Waals surface area contributed by atoms with Gasteiger partial charge < -0.3 is 5.32 Å². The van der Waals surface area contributed by atoms with E-state index in [0.717, 1.165) is 16.6 Å². The number of nitrogens with zero attached hydrogens (tertiary/aromatic N) is 1. The minimum atomic E-state index is -0.188. The van der Waals surface area contributed by atoms with Crippen molar-refractivity contribution in [3.05, 3.63) is 35.6 Å². The Kier molecular flexibility index (Phi) is 4.06. The fraction of sp³-hybridized carbons (Fsp3) is 0.533. The highest BCUT2D eigenvalue weighted by Gasteiger charge is 2.29. The van der Waals surface area contributed by atoms with E-state index in [1.165, 1.54) is 43.6 Å². The van der Waals surface area contributed by atoms with E-state index in [2.05, 4.69) is 10.3 Å². The van der Waals surface area contributed by atoms with Gasteiger partial charge in [-0.25, -0.2) is 4.39 Å². The van der Waals surface area contributed by atoms with E-state index in [1.54, 1.807) is 12.1 Å². The molecule has 0 aromatic heterocycles. The lowest BCUT2D eigenvalue weighted by Gasteiger charge is -2.36. The van der Waals surface area contributed by atoms with Crippen molar-refractivity contribution in [2.45, 2.75) is 38.3 Å². The Morgan fingerprint density at radius 2 is 2.00 bits per heavy atom. The number of benzene rings is 1. The van der Waals surface area contributed by atoms with Gasteiger partial charge in [0.2, 0.25) is 0 Å². The number of hydrogen-bond donors (Lipinski definition) is 1. The summed E-state index contributed by atoms with van der Waals surface area (Å²) in [7, 11) is 0. The van der Waals surface area contributed by atoms with Crippen LogP contribution in [0.4, 0.5) is 4.39 Å². The van der Waals surface area contributed by atoms with Crippen molar-refractivity contribution in [3.8, 4) is 0 Å². The first-order valence-electron chi connectivity index (χ1n) is 6.99. The molecule has 0 radical (unpaired) electrons. The monoisotopic (exact) mass is 278 g/mol. The summed E-state index contributed by atoms with van der Waals surface area (Å²) in [6, 6.07) is 7.22. The molecule has 4 heteroatoms. The first kappa shape index (κ1) is 13.0. The summed E-state index contributed by atoms with van der Waals surface area (Å²) < 4.78 is 12.8. The van der Waals surface area contributed by atoms with Gasteiger partial charge in [0, 0.05) is 11.8 Å². The largest absolute Gasteiger partial charge is 0.362 e. The third kappa shape index (κ3) is 3.30. The second-order valence-corrected chi connectivity index (χ2v) is 6.36. The van der Waals surface area contributed by atoms with Crippen molar-refractivity contribution >= 4 is 16.9 Å². The second kappa shape index (κ2) is 5.95. The van der Waals surface area contributed by atoms with E-state index in [4.69, 9.17) is 0 Å². The zero-order chi connectivity index (χ0) is 13.1. The van der Waals surface area contributed by atoms with Gasteiger partial charge in [-0.2, -0.15) is 0 Å². The lowest BCUT2D eigenvalue weighted by atomic mass is 9.86. The van der Waals surface area contributed by atoms with Crippen LogP contribution in [0.25, 0.3) is 0 Å². The second-order valence-electron chi connectivity index (χ2n) is 5.35. The molecule has 1 heterocycles. The molecule has 3 rings (SSSR count). The number of halogens is 1. The maximum absolute atomic E-state index is 12.8. The highest BCUT2D eigenvalue weighted by atomic mass is 32.2. The normalized spacial score (nSPS) is 28.8. The lowest BCUT2D eigenvalue weighted by molar-refractivity contribution is 0.311. The van der Waals surface area contributed by atoms with E-state index in [0.29, 0.717) is 12.6 Å². The van der Waals surface area contributed by atoms with Crippen LogP contribution in [-0.4, -0.2) is 17.0 Å². The molecule has 0 amide bonds. The predicted molar refractivity (Wildman–Crippen MR) is 78.9 cm³/mol. The van der Waals surface area contributed by atoms with E-state index >= 15 is 0 Å². The van der Waals surface area contributed by atoms with Crippen LogP contribution in [0.5, 0.6) is 0 Å². The Morgan fingerprint density at radius 1 is 1.21 bits per heavy atom. The molecule has 1 N–H and O–H groups in total.